The Labute approximate surface area is 85.1 Å². The summed E-state index contributed by atoms with van der Waals surface area (Å²) in [5.41, 5.74) is -2.34. The van der Waals surface area contributed by atoms with Gasteiger partial charge in [-0.1, -0.05) is 43.4 Å². The van der Waals surface area contributed by atoms with Gasteiger partial charge in [0, 0.05) is 4.43 Å². The van der Waals surface area contributed by atoms with Crippen LogP contribution in [0.2, 0.25) is 0 Å². The zero-order chi connectivity index (χ0) is 10.2. The molecule has 0 N–H and O–H groups in total. The molecule has 74 valence electrons. The van der Waals surface area contributed by atoms with Crippen molar-refractivity contribution >= 4 is 22.6 Å². The summed E-state index contributed by atoms with van der Waals surface area (Å²) >= 11 is 1.80. The maximum absolute atomic E-state index is 12.6. The zero-order valence-electron chi connectivity index (χ0n) is 7.72. The summed E-state index contributed by atoms with van der Waals surface area (Å²) in [6.45, 7) is 6.15. The van der Waals surface area contributed by atoms with Gasteiger partial charge < -0.3 is 0 Å². The van der Waals surface area contributed by atoms with E-state index in [1.807, 2.05) is 0 Å². The SMILES string of the molecule is CC(C)(C)C(C)(CI)C(F)(F)F. The van der Waals surface area contributed by atoms with E-state index >= 15 is 0 Å². The predicted octanol–water partition coefficient (Wildman–Crippen LogP) is 4.04. The summed E-state index contributed by atoms with van der Waals surface area (Å²) in [6.07, 6.45) is -4.12. The molecule has 4 heteroatoms. The highest BCUT2D eigenvalue weighted by molar-refractivity contribution is 14.1. The van der Waals surface area contributed by atoms with Crippen molar-refractivity contribution in [2.75, 3.05) is 4.43 Å². The summed E-state index contributed by atoms with van der Waals surface area (Å²) < 4.78 is 37.9. The van der Waals surface area contributed by atoms with Crippen molar-refractivity contribution in [1.29, 1.82) is 0 Å². The van der Waals surface area contributed by atoms with Crippen LogP contribution in [0.5, 0.6) is 0 Å². The molecule has 1 atom stereocenters. The Kier molecular flexibility index (Phi) is 3.49. The first-order valence-electron chi connectivity index (χ1n) is 3.69. The van der Waals surface area contributed by atoms with Crippen LogP contribution in [-0.2, 0) is 0 Å². The van der Waals surface area contributed by atoms with Crippen molar-refractivity contribution in [2.24, 2.45) is 10.8 Å². The second-order valence-corrected chi connectivity index (χ2v) is 4.98. The molecule has 0 saturated heterocycles. The van der Waals surface area contributed by atoms with Crippen LogP contribution in [0.4, 0.5) is 13.2 Å². The van der Waals surface area contributed by atoms with Crippen LogP contribution < -0.4 is 0 Å². The van der Waals surface area contributed by atoms with Gasteiger partial charge in [-0.15, -0.1) is 0 Å². The fourth-order valence-corrected chi connectivity index (χ4v) is 2.28. The molecule has 0 aromatic rings. The fourth-order valence-electron chi connectivity index (χ4n) is 0.701. The molecular weight excluding hydrogens is 280 g/mol. The lowest BCUT2D eigenvalue weighted by Gasteiger charge is -2.41. The minimum absolute atomic E-state index is 0.0950. The van der Waals surface area contributed by atoms with Gasteiger partial charge in [-0.2, -0.15) is 13.2 Å². The van der Waals surface area contributed by atoms with E-state index in [-0.39, 0.29) is 4.43 Å². The first kappa shape index (κ1) is 12.5. The lowest BCUT2D eigenvalue weighted by atomic mass is 9.69. The first-order valence-corrected chi connectivity index (χ1v) is 5.21. The maximum Gasteiger partial charge on any atom is 0.395 e. The Hall–Kier alpha value is 0.520. The Morgan fingerprint density at radius 2 is 1.33 bits per heavy atom. The van der Waals surface area contributed by atoms with Crippen LogP contribution in [0.15, 0.2) is 0 Å². The standard InChI is InChI=1S/C8H14F3I/c1-6(2,3)7(4,5-12)8(9,10)11/h5H2,1-4H3. The number of alkyl halides is 4. The van der Waals surface area contributed by atoms with Crippen LogP contribution in [0.3, 0.4) is 0 Å². The smallest absolute Gasteiger partial charge is 0.170 e. The van der Waals surface area contributed by atoms with E-state index in [1.165, 1.54) is 6.92 Å². The van der Waals surface area contributed by atoms with Crippen LogP contribution in [0, 0.1) is 10.8 Å². The largest absolute Gasteiger partial charge is 0.395 e. The average Bonchev–Trinajstić information content (AvgIpc) is 1.81. The van der Waals surface area contributed by atoms with Crippen molar-refractivity contribution < 1.29 is 13.2 Å². The van der Waals surface area contributed by atoms with E-state index in [9.17, 15) is 13.2 Å². The molecular formula is C8H14F3I. The number of halogens is 4. The van der Waals surface area contributed by atoms with E-state index in [0.717, 1.165) is 0 Å². The van der Waals surface area contributed by atoms with Crippen LogP contribution >= 0.6 is 22.6 Å². The molecule has 0 saturated carbocycles. The summed E-state index contributed by atoms with van der Waals surface area (Å²) in [4.78, 5) is 0. The van der Waals surface area contributed by atoms with Gasteiger partial charge in [0.15, 0.2) is 0 Å². The Balaban J connectivity index is 4.95. The summed E-state index contributed by atoms with van der Waals surface area (Å²) in [5.74, 6) is 0. The second kappa shape index (κ2) is 3.35. The third-order valence-corrected chi connectivity index (χ3v) is 4.07. The number of hydrogen-bond acceptors (Lipinski definition) is 0. The van der Waals surface area contributed by atoms with Gasteiger partial charge in [-0.3, -0.25) is 0 Å². The molecule has 0 fully saturated rings. The van der Waals surface area contributed by atoms with Crippen LogP contribution in [0.25, 0.3) is 0 Å². The molecule has 0 aliphatic rings. The molecule has 0 aromatic carbocycles. The molecule has 0 aromatic heterocycles. The maximum atomic E-state index is 12.6. The third-order valence-electron chi connectivity index (χ3n) is 2.55. The van der Waals surface area contributed by atoms with Gasteiger partial charge in [-0.05, 0) is 12.3 Å². The highest BCUT2D eigenvalue weighted by Gasteiger charge is 2.56. The monoisotopic (exact) mass is 294 g/mol. The van der Waals surface area contributed by atoms with E-state index in [0.29, 0.717) is 0 Å². The number of rotatable bonds is 1. The van der Waals surface area contributed by atoms with Crippen LogP contribution in [-0.4, -0.2) is 10.6 Å². The first-order chi connectivity index (χ1) is 5.06. The van der Waals surface area contributed by atoms with E-state index in [2.05, 4.69) is 0 Å². The summed E-state index contributed by atoms with van der Waals surface area (Å²) in [7, 11) is 0. The van der Waals surface area contributed by atoms with Crippen molar-refractivity contribution in [2.45, 2.75) is 33.9 Å². The Morgan fingerprint density at radius 1 is 1.00 bits per heavy atom. The summed E-state index contributed by atoms with van der Waals surface area (Å²) in [5, 5.41) is 0. The van der Waals surface area contributed by atoms with Crippen molar-refractivity contribution in [3.05, 3.63) is 0 Å². The zero-order valence-corrected chi connectivity index (χ0v) is 9.88. The molecule has 1 unspecified atom stereocenters. The molecule has 0 radical (unpaired) electrons. The minimum atomic E-state index is -4.12. The van der Waals surface area contributed by atoms with Gasteiger partial charge in [0.05, 0.1) is 5.41 Å². The highest BCUT2D eigenvalue weighted by atomic mass is 127. The minimum Gasteiger partial charge on any atom is -0.170 e. The van der Waals surface area contributed by atoms with E-state index < -0.39 is 17.0 Å². The molecule has 0 rings (SSSR count). The molecule has 0 heterocycles. The summed E-state index contributed by atoms with van der Waals surface area (Å²) in [6, 6.07) is 0. The Bertz CT molecular complexity index is 141. The van der Waals surface area contributed by atoms with E-state index in [4.69, 9.17) is 0 Å². The lowest BCUT2D eigenvalue weighted by Crippen LogP contribution is -2.47. The molecule has 0 bridgehead atoms. The van der Waals surface area contributed by atoms with Gasteiger partial charge in [0.2, 0.25) is 0 Å². The van der Waals surface area contributed by atoms with Crippen molar-refractivity contribution in [3.63, 3.8) is 0 Å². The van der Waals surface area contributed by atoms with Gasteiger partial charge in [0.25, 0.3) is 0 Å². The lowest BCUT2D eigenvalue weighted by molar-refractivity contribution is -0.239. The van der Waals surface area contributed by atoms with E-state index in [1.54, 1.807) is 43.4 Å². The van der Waals surface area contributed by atoms with Gasteiger partial charge in [-0.25, -0.2) is 0 Å². The normalized spacial score (nSPS) is 19.0. The quantitative estimate of drug-likeness (QED) is 0.506. The fraction of sp³-hybridized carbons (Fsp3) is 1.00. The molecule has 0 aliphatic carbocycles. The second-order valence-electron chi connectivity index (χ2n) is 4.21. The average molecular weight is 294 g/mol. The van der Waals surface area contributed by atoms with Crippen LogP contribution in [0.1, 0.15) is 27.7 Å². The molecule has 0 spiro atoms. The van der Waals surface area contributed by atoms with Crippen molar-refractivity contribution in [3.8, 4) is 0 Å². The molecule has 0 aliphatic heterocycles. The Morgan fingerprint density at radius 3 is 1.33 bits per heavy atom. The third kappa shape index (κ3) is 2.06. The van der Waals surface area contributed by atoms with Crippen molar-refractivity contribution in [1.82, 2.24) is 0 Å². The van der Waals surface area contributed by atoms with Gasteiger partial charge in [0.1, 0.15) is 0 Å². The number of hydrogen-bond donors (Lipinski definition) is 0. The van der Waals surface area contributed by atoms with Gasteiger partial charge >= 0.3 is 6.18 Å². The topological polar surface area (TPSA) is 0 Å². The molecule has 0 nitrogen and oxygen atoms in total. The molecule has 12 heavy (non-hydrogen) atoms. The molecule has 0 amide bonds. The predicted molar refractivity (Wildman–Crippen MR) is 52.5 cm³/mol. The highest BCUT2D eigenvalue weighted by Crippen LogP contribution is 2.51.